The summed E-state index contributed by atoms with van der Waals surface area (Å²) in [4.78, 5) is 25.2. The average Bonchev–Trinajstić information content (AvgIpc) is 3.50. The van der Waals surface area contributed by atoms with Crippen LogP contribution in [0.15, 0.2) is 29.2 Å². The van der Waals surface area contributed by atoms with Gasteiger partial charge in [0.2, 0.25) is 21.8 Å². The molecule has 1 aliphatic carbocycles. The van der Waals surface area contributed by atoms with E-state index in [-0.39, 0.29) is 35.2 Å². The number of halogens is 1. The maximum atomic E-state index is 13.1. The number of hydrogen-bond acceptors (Lipinski definition) is 4. The first-order chi connectivity index (χ1) is 13.7. The van der Waals surface area contributed by atoms with E-state index in [1.165, 1.54) is 16.4 Å². The van der Waals surface area contributed by atoms with Gasteiger partial charge in [0.25, 0.3) is 0 Å². The predicted octanol–water partition coefficient (Wildman–Crippen LogP) is 1.65. The summed E-state index contributed by atoms with van der Waals surface area (Å²) in [6.07, 6.45) is 3.02. The number of rotatable bonds is 7. The zero-order valence-corrected chi connectivity index (χ0v) is 17.5. The Balaban J connectivity index is 1.66. The van der Waals surface area contributed by atoms with Gasteiger partial charge in [-0.1, -0.05) is 13.8 Å². The van der Waals surface area contributed by atoms with Crippen LogP contribution in [0.2, 0.25) is 0 Å². The van der Waals surface area contributed by atoms with Crippen LogP contribution >= 0.6 is 0 Å². The largest absolute Gasteiger partial charge is 0.352 e. The highest BCUT2D eigenvalue weighted by Gasteiger charge is 2.36. The topological polar surface area (TPSA) is 95.6 Å². The zero-order chi connectivity index (χ0) is 21.2. The minimum absolute atomic E-state index is 0.00354. The molecule has 0 bridgehead atoms. The van der Waals surface area contributed by atoms with Gasteiger partial charge in [0.1, 0.15) is 11.9 Å². The van der Waals surface area contributed by atoms with E-state index in [9.17, 15) is 22.4 Å². The average molecular weight is 426 g/mol. The molecule has 2 N–H and O–H groups in total. The van der Waals surface area contributed by atoms with E-state index in [0.29, 0.717) is 19.4 Å². The maximum absolute atomic E-state index is 13.1. The number of amides is 2. The number of piperidine rings is 1. The predicted molar refractivity (Wildman–Crippen MR) is 106 cm³/mol. The molecule has 1 saturated heterocycles. The number of carbonyl (C=O) groups is 2. The van der Waals surface area contributed by atoms with Crippen molar-refractivity contribution in [3.05, 3.63) is 30.1 Å². The molecule has 1 aromatic rings. The summed E-state index contributed by atoms with van der Waals surface area (Å²) in [5, 5.41) is 5.73. The molecule has 1 heterocycles. The molecule has 7 nitrogen and oxygen atoms in total. The fourth-order valence-electron chi connectivity index (χ4n) is 3.46. The van der Waals surface area contributed by atoms with Crippen molar-refractivity contribution >= 4 is 21.8 Å². The lowest BCUT2D eigenvalue weighted by Gasteiger charge is -2.32. The van der Waals surface area contributed by atoms with Crippen molar-refractivity contribution in [2.24, 2.45) is 11.8 Å². The van der Waals surface area contributed by atoms with Crippen molar-refractivity contribution in [1.82, 2.24) is 14.9 Å². The number of sulfonamides is 1. The number of carbonyl (C=O) groups excluding carboxylic acids is 2. The highest BCUT2D eigenvalue weighted by atomic mass is 32.2. The summed E-state index contributed by atoms with van der Waals surface area (Å²) >= 11 is 0. The Morgan fingerprint density at radius 1 is 1.14 bits per heavy atom. The molecule has 2 amide bonds. The quantitative estimate of drug-likeness (QED) is 0.694. The molecule has 2 aliphatic rings. The van der Waals surface area contributed by atoms with Gasteiger partial charge in [-0.25, -0.2) is 12.8 Å². The van der Waals surface area contributed by atoms with Crippen molar-refractivity contribution in [3.63, 3.8) is 0 Å². The van der Waals surface area contributed by atoms with Gasteiger partial charge >= 0.3 is 0 Å². The Morgan fingerprint density at radius 3 is 2.38 bits per heavy atom. The van der Waals surface area contributed by atoms with Crippen LogP contribution in [0, 0.1) is 17.7 Å². The van der Waals surface area contributed by atoms with Crippen molar-refractivity contribution < 1.29 is 22.4 Å². The monoisotopic (exact) mass is 425 g/mol. The Labute approximate surface area is 171 Å². The number of hydrogen-bond donors (Lipinski definition) is 2. The van der Waals surface area contributed by atoms with E-state index in [2.05, 4.69) is 10.6 Å². The zero-order valence-electron chi connectivity index (χ0n) is 16.7. The second kappa shape index (κ2) is 8.79. The lowest BCUT2D eigenvalue weighted by atomic mass is 9.96. The normalized spacial score (nSPS) is 21.6. The minimum Gasteiger partial charge on any atom is -0.352 e. The third-order valence-electron chi connectivity index (χ3n) is 5.38. The molecule has 0 radical (unpaired) electrons. The molecule has 29 heavy (non-hydrogen) atoms. The van der Waals surface area contributed by atoms with E-state index < -0.39 is 27.8 Å². The van der Waals surface area contributed by atoms with Gasteiger partial charge < -0.3 is 10.6 Å². The fraction of sp³-hybridized carbons (Fsp3) is 0.600. The Bertz CT molecular complexity index is 853. The standard InChI is InChI=1S/C20H28FN3O4S/c1-13(2)18(20(26)22-16-7-8-16)23-19(25)14-4-3-11-24(12-14)29(27,28)17-9-5-15(21)6-10-17/h5-6,9-10,13-14,16,18H,3-4,7-8,11-12H2,1-2H3,(H,22,26)(H,23,25)/t14-,18+/m0/s1. The first-order valence-electron chi connectivity index (χ1n) is 10.0. The number of benzene rings is 1. The van der Waals surface area contributed by atoms with Crippen molar-refractivity contribution in [2.45, 2.75) is 56.5 Å². The van der Waals surface area contributed by atoms with Crippen LogP contribution in [-0.4, -0.2) is 49.7 Å². The third kappa shape index (κ3) is 5.33. The maximum Gasteiger partial charge on any atom is 0.243 e. The third-order valence-corrected chi connectivity index (χ3v) is 7.26. The minimum atomic E-state index is -3.81. The highest BCUT2D eigenvalue weighted by molar-refractivity contribution is 7.89. The van der Waals surface area contributed by atoms with E-state index in [4.69, 9.17) is 0 Å². The molecule has 1 aliphatic heterocycles. The summed E-state index contributed by atoms with van der Waals surface area (Å²) in [5.74, 6) is -1.63. The van der Waals surface area contributed by atoms with Gasteiger partial charge in [-0.15, -0.1) is 0 Å². The Morgan fingerprint density at radius 2 is 1.79 bits per heavy atom. The highest BCUT2D eigenvalue weighted by Crippen LogP contribution is 2.25. The molecule has 2 fully saturated rings. The number of nitrogens with one attached hydrogen (secondary N) is 2. The van der Waals surface area contributed by atoms with E-state index in [0.717, 1.165) is 25.0 Å². The molecule has 9 heteroatoms. The molecule has 0 aromatic heterocycles. The first-order valence-corrected chi connectivity index (χ1v) is 11.5. The van der Waals surface area contributed by atoms with Crippen molar-refractivity contribution in [2.75, 3.05) is 13.1 Å². The van der Waals surface area contributed by atoms with Crippen LogP contribution in [0.5, 0.6) is 0 Å². The van der Waals surface area contributed by atoms with Gasteiger partial charge in [0.15, 0.2) is 0 Å². The van der Waals surface area contributed by atoms with E-state index in [1.807, 2.05) is 13.8 Å². The molecular weight excluding hydrogens is 397 g/mol. The lowest BCUT2D eigenvalue weighted by Crippen LogP contribution is -2.53. The van der Waals surface area contributed by atoms with Crippen LogP contribution < -0.4 is 10.6 Å². The summed E-state index contributed by atoms with van der Waals surface area (Å²) in [7, 11) is -3.81. The smallest absolute Gasteiger partial charge is 0.243 e. The van der Waals surface area contributed by atoms with E-state index in [1.54, 1.807) is 0 Å². The second-order valence-electron chi connectivity index (χ2n) is 8.17. The summed E-state index contributed by atoms with van der Waals surface area (Å²) in [5.41, 5.74) is 0. The first kappa shape index (κ1) is 21.7. The van der Waals surface area contributed by atoms with Gasteiger partial charge in [-0.05, 0) is 55.9 Å². The Kier molecular flexibility index (Phi) is 6.58. The molecule has 1 aromatic carbocycles. The number of nitrogens with zero attached hydrogens (tertiary/aromatic N) is 1. The van der Waals surface area contributed by atoms with Gasteiger partial charge in [0, 0.05) is 19.1 Å². The van der Waals surface area contributed by atoms with Crippen LogP contribution in [0.4, 0.5) is 4.39 Å². The summed E-state index contributed by atoms with van der Waals surface area (Å²) in [6.45, 7) is 4.08. The van der Waals surface area contributed by atoms with E-state index >= 15 is 0 Å². The molecular formula is C20H28FN3O4S. The fourth-order valence-corrected chi connectivity index (χ4v) is 4.98. The molecule has 0 spiro atoms. The Hall–Kier alpha value is -2.00. The molecule has 3 rings (SSSR count). The summed E-state index contributed by atoms with van der Waals surface area (Å²) < 4.78 is 40.1. The van der Waals surface area contributed by atoms with Gasteiger partial charge in [-0.3, -0.25) is 9.59 Å². The van der Waals surface area contributed by atoms with Crippen molar-refractivity contribution in [1.29, 1.82) is 0 Å². The van der Waals surface area contributed by atoms with Gasteiger partial charge in [-0.2, -0.15) is 4.31 Å². The molecule has 2 atom stereocenters. The SMILES string of the molecule is CC(C)[C@@H](NC(=O)[C@H]1CCCN(S(=O)(=O)c2ccc(F)cc2)C1)C(=O)NC1CC1. The van der Waals surface area contributed by atoms with Crippen LogP contribution in [0.1, 0.15) is 39.5 Å². The molecule has 0 unspecified atom stereocenters. The second-order valence-corrected chi connectivity index (χ2v) is 10.1. The van der Waals surface area contributed by atoms with Crippen molar-refractivity contribution in [3.8, 4) is 0 Å². The summed E-state index contributed by atoms with van der Waals surface area (Å²) in [6, 6.07) is 4.22. The van der Waals surface area contributed by atoms with Gasteiger partial charge in [0.05, 0.1) is 10.8 Å². The van der Waals surface area contributed by atoms with Crippen LogP contribution in [0.3, 0.4) is 0 Å². The van der Waals surface area contributed by atoms with Crippen LogP contribution in [-0.2, 0) is 19.6 Å². The lowest BCUT2D eigenvalue weighted by molar-refractivity contribution is -0.132. The van der Waals surface area contributed by atoms with Crippen LogP contribution in [0.25, 0.3) is 0 Å². The molecule has 1 saturated carbocycles. The molecule has 160 valence electrons.